The van der Waals surface area contributed by atoms with Crippen molar-refractivity contribution in [3.8, 4) is 0 Å². The summed E-state index contributed by atoms with van der Waals surface area (Å²) < 4.78 is 0. The molecule has 4 nitrogen and oxygen atoms in total. The van der Waals surface area contributed by atoms with Crippen LogP contribution in [0.15, 0.2) is 36.5 Å². The number of nitrogens with zero attached hydrogens (tertiary/aromatic N) is 1. The van der Waals surface area contributed by atoms with E-state index in [-0.39, 0.29) is 24.5 Å². The molecule has 0 saturated carbocycles. The molecule has 1 aromatic heterocycles. The fourth-order valence-corrected chi connectivity index (χ4v) is 1.97. The molecular weight excluding hydrogens is 240 g/mol. The summed E-state index contributed by atoms with van der Waals surface area (Å²) in [6, 6.07) is 8.91. The summed E-state index contributed by atoms with van der Waals surface area (Å²) in [5.41, 5.74) is 1.38. The molecule has 4 heteroatoms. The highest BCUT2D eigenvalue weighted by Gasteiger charge is 2.17. The van der Waals surface area contributed by atoms with Crippen molar-refractivity contribution in [2.45, 2.75) is 19.9 Å². The van der Waals surface area contributed by atoms with Crippen LogP contribution >= 0.6 is 0 Å². The highest BCUT2D eigenvalue weighted by atomic mass is 16.3. The second kappa shape index (κ2) is 5.80. The fourth-order valence-electron chi connectivity index (χ4n) is 1.97. The van der Waals surface area contributed by atoms with E-state index in [1.807, 2.05) is 38.1 Å². The predicted octanol–water partition coefficient (Wildman–Crippen LogP) is 1.98. The van der Waals surface area contributed by atoms with Crippen LogP contribution < -0.4 is 5.32 Å². The standard InChI is InChI=1S/C15H18N2O2/c1-10(2)14(9-18)17-15(19)12-5-3-7-13-11(12)6-4-8-16-13/h3-8,10,14,18H,9H2,1-2H3,(H,17,19)/t14-/m1/s1. The van der Waals surface area contributed by atoms with Crippen molar-refractivity contribution >= 4 is 16.8 Å². The molecule has 1 aromatic carbocycles. The molecule has 0 spiro atoms. The molecule has 1 amide bonds. The summed E-state index contributed by atoms with van der Waals surface area (Å²) in [7, 11) is 0. The number of pyridine rings is 1. The molecule has 0 bridgehead atoms. The lowest BCUT2D eigenvalue weighted by Crippen LogP contribution is -2.41. The second-order valence-corrected chi connectivity index (χ2v) is 4.88. The molecule has 2 N–H and O–H groups in total. The van der Waals surface area contributed by atoms with E-state index < -0.39 is 0 Å². The number of nitrogens with one attached hydrogen (secondary N) is 1. The third kappa shape index (κ3) is 2.90. The maximum Gasteiger partial charge on any atom is 0.252 e. The van der Waals surface area contributed by atoms with Gasteiger partial charge in [0.2, 0.25) is 0 Å². The Hall–Kier alpha value is -1.94. The van der Waals surface area contributed by atoms with Crippen LogP contribution in [-0.4, -0.2) is 28.6 Å². The maximum absolute atomic E-state index is 12.3. The van der Waals surface area contributed by atoms with Crippen molar-refractivity contribution in [1.82, 2.24) is 10.3 Å². The molecule has 0 aliphatic carbocycles. The molecular formula is C15H18N2O2. The number of aromatic nitrogens is 1. The number of benzene rings is 1. The molecule has 0 aliphatic rings. The summed E-state index contributed by atoms with van der Waals surface area (Å²) in [5, 5.41) is 13.0. The van der Waals surface area contributed by atoms with Gasteiger partial charge in [0.15, 0.2) is 0 Å². The Balaban J connectivity index is 2.31. The molecule has 0 aliphatic heterocycles. The third-order valence-electron chi connectivity index (χ3n) is 3.21. The summed E-state index contributed by atoms with van der Waals surface area (Å²) in [6.45, 7) is 3.87. The van der Waals surface area contributed by atoms with Crippen LogP contribution in [0.3, 0.4) is 0 Å². The first-order chi connectivity index (χ1) is 9.13. The van der Waals surface area contributed by atoms with Gasteiger partial charge in [-0.1, -0.05) is 26.0 Å². The zero-order valence-corrected chi connectivity index (χ0v) is 11.1. The molecule has 19 heavy (non-hydrogen) atoms. The van der Waals surface area contributed by atoms with Gasteiger partial charge in [0.05, 0.1) is 18.2 Å². The molecule has 2 aromatic rings. The number of aliphatic hydroxyl groups is 1. The van der Waals surface area contributed by atoms with E-state index >= 15 is 0 Å². The molecule has 2 rings (SSSR count). The highest BCUT2D eigenvalue weighted by molar-refractivity contribution is 6.06. The van der Waals surface area contributed by atoms with E-state index in [1.165, 1.54) is 0 Å². The SMILES string of the molecule is CC(C)[C@@H](CO)NC(=O)c1cccc2ncccc12. The van der Waals surface area contributed by atoms with Gasteiger partial charge in [-0.2, -0.15) is 0 Å². The maximum atomic E-state index is 12.3. The molecule has 0 fully saturated rings. The van der Waals surface area contributed by atoms with Crippen LogP contribution in [0.25, 0.3) is 10.9 Å². The van der Waals surface area contributed by atoms with Crippen molar-refractivity contribution in [1.29, 1.82) is 0 Å². The Morgan fingerprint density at radius 2 is 2.11 bits per heavy atom. The summed E-state index contributed by atoms with van der Waals surface area (Å²) in [4.78, 5) is 16.5. The quantitative estimate of drug-likeness (QED) is 0.881. The van der Waals surface area contributed by atoms with Gasteiger partial charge < -0.3 is 10.4 Å². The monoisotopic (exact) mass is 258 g/mol. The number of fused-ring (bicyclic) bond motifs is 1. The summed E-state index contributed by atoms with van der Waals surface area (Å²) in [5.74, 6) is 0.00778. The lowest BCUT2D eigenvalue weighted by Gasteiger charge is -2.20. The van der Waals surface area contributed by atoms with Gasteiger partial charge >= 0.3 is 0 Å². The molecule has 0 saturated heterocycles. The topological polar surface area (TPSA) is 62.2 Å². The minimum absolute atomic E-state index is 0.0631. The normalized spacial score (nSPS) is 12.6. The lowest BCUT2D eigenvalue weighted by atomic mass is 10.0. The first kappa shape index (κ1) is 13.5. The van der Waals surface area contributed by atoms with Crippen molar-refractivity contribution in [3.05, 3.63) is 42.1 Å². The number of hydrogen-bond donors (Lipinski definition) is 2. The van der Waals surface area contributed by atoms with Crippen LogP contribution in [0, 0.1) is 5.92 Å². The van der Waals surface area contributed by atoms with E-state index in [9.17, 15) is 9.90 Å². The number of carbonyl (C=O) groups excluding carboxylic acids is 1. The molecule has 0 unspecified atom stereocenters. The van der Waals surface area contributed by atoms with E-state index in [1.54, 1.807) is 12.3 Å². The number of hydrogen-bond acceptors (Lipinski definition) is 3. The van der Waals surface area contributed by atoms with Gasteiger partial charge in [-0.05, 0) is 24.1 Å². The summed E-state index contributed by atoms with van der Waals surface area (Å²) >= 11 is 0. The largest absolute Gasteiger partial charge is 0.394 e. The molecule has 1 heterocycles. The predicted molar refractivity (Wildman–Crippen MR) is 74.9 cm³/mol. The van der Waals surface area contributed by atoms with Crippen LogP contribution in [-0.2, 0) is 0 Å². The van der Waals surface area contributed by atoms with Crippen LogP contribution in [0.2, 0.25) is 0 Å². The fraction of sp³-hybridized carbons (Fsp3) is 0.333. The number of carbonyl (C=O) groups is 1. The first-order valence-corrected chi connectivity index (χ1v) is 6.39. The van der Waals surface area contributed by atoms with Crippen LogP contribution in [0.1, 0.15) is 24.2 Å². The van der Waals surface area contributed by atoms with E-state index in [4.69, 9.17) is 0 Å². The van der Waals surface area contributed by atoms with Gasteiger partial charge in [-0.25, -0.2) is 0 Å². The van der Waals surface area contributed by atoms with Crippen LogP contribution in [0.5, 0.6) is 0 Å². The van der Waals surface area contributed by atoms with Gasteiger partial charge in [-0.3, -0.25) is 9.78 Å². The number of aliphatic hydroxyl groups excluding tert-OH is 1. The van der Waals surface area contributed by atoms with Crippen molar-refractivity contribution in [3.63, 3.8) is 0 Å². The minimum atomic E-state index is -0.237. The third-order valence-corrected chi connectivity index (χ3v) is 3.21. The van der Waals surface area contributed by atoms with Crippen LogP contribution in [0.4, 0.5) is 0 Å². The second-order valence-electron chi connectivity index (χ2n) is 4.88. The lowest BCUT2D eigenvalue weighted by molar-refractivity contribution is 0.0898. The smallest absolute Gasteiger partial charge is 0.252 e. The Bertz CT molecular complexity index is 576. The molecule has 0 radical (unpaired) electrons. The summed E-state index contributed by atoms with van der Waals surface area (Å²) in [6.07, 6.45) is 1.70. The zero-order chi connectivity index (χ0) is 13.8. The van der Waals surface area contributed by atoms with E-state index in [0.29, 0.717) is 5.56 Å². The number of amides is 1. The highest BCUT2D eigenvalue weighted by Crippen LogP contribution is 2.16. The zero-order valence-electron chi connectivity index (χ0n) is 11.1. The molecule has 100 valence electrons. The average Bonchev–Trinajstić information content (AvgIpc) is 2.43. The van der Waals surface area contributed by atoms with Crippen molar-refractivity contribution in [2.24, 2.45) is 5.92 Å². The number of rotatable bonds is 4. The van der Waals surface area contributed by atoms with Gasteiger partial charge in [0.1, 0.15) is 0 Å². The minimum Gasteiger partial charge on any atom is -0.394 e. The first-order valence-electron chi connectivity index (χ1n) is 6.39. The Morgan fingerprint density at radius 1 is 1.32 bits per heavy atom. The average molecular weight is 258 g/mol. The van der Waals surface area contributed by atoms with E-state index in [2.05, 4.69) is 10.3 Å². The molecule has 1 atom stereocenters. The van der Waals surface area contributed by atoms with Gasteiger partial charge in [0, 0.05) is 17.1 Å². The van der Waals surface area contributed by atoms with E-state index in [0.717, 1.165) is 10.9 Å². The van der Waals surface area contributed by atoms with Gasteiger partial charge in [0.25, 0.3) is 5.91 Å². The van der Waals surface area contributed by atoms with Crippen molar-refractivity contribution < 1.29 is 9.90 Å². The Morgan fingerprint density at radius 3 is 2.79 bits per heavy atom. The van der Waals surface area contributed by atoms with Gasteiger partial charge in [-0.15, -0.1) is 0 Å². The Labute approximate surface area is 112 Å². The Kier molecular flexibility index (Phi) is 4.12. The van der Waals surface area contributed by atoms with Crippen molar-refractivity contribution in [2.75, 3.05) is 6.61 Å².